The monoisotopic (exact) mass is 656 g/mol. The highest BCUT2D eigenvalue weighted by Crippen LogP contribution is 2.54. The Hall–Kier alpha value is -3.27. The van der Waals surface area contributed by atoms with Crippen molar-refractivity contribution < 1.29 is 17.9 Å². The van der Waals surface area contributed by atoms with Gasteiger partial charge in [-0.15, -0.1) is 0 Å². The maximum atomic E-state index is 13.1. The number of pyridine rings is 1. The van der Waals surface area contributed by atoms with Crippen molar-refractivity contribution in [2.24, 2.45) is 17.8 Å². The molecule has 0 amide bonds. The number of carbonyl (C=O) groups excluding carboxylic acids is 1. The standard InChI is InChI=1S/C38H48N4O4S/c1-27-21-34(15-18-39-27)47(44,45)33-13-11-32(12-14-33)42-23-29(24-42)22-41-19-16-31(17-20-41)38(36-9-6-10-37(36)46-28(2)43)26-40(3)25-30-7-4-5-8-35(30)38/h4-5,7-8,11-15,18,21,29,31,36-37H,6,9-10,16-17,19-20,22-26H2,1-3H3. The molecule has 9 heteroatoms. The normalized spacial score (nSPS) is 26.1. The van der Waals surface area contributed by atoms with Gasteiger partial charge in [-0.2, -0.15) is 0 Å². The maximum Gasteiger partial charge on any atom is 0.302 e. The second kappa shape index (κ2) is 13.0. The van der Waals surface area contributed by atoms with Crippen molar-refractivity contribution in [2.75, 3.05) is 51.2 Å². The Labute approximate surface area is 280 Å². The van der Waals surface area contributed by atoms with Gasteiger partial charge in [0.05, 0.1) is 9.79 Å². The van der Waals surface area contributed by atoms with E-state index in [1.165, 1.54) is 11.1 Å². The minimum atomic E-state index is -3.56. The minimum absolute atomic E-state index is 0.0000507. The molecule has 4 heterocycles. The first-order chi connectivity index (χ1) is 22.6. The molecule has 2 aromatic carbocycles. The lowest BCUT2D eigenvalue weighted by Crippen LogP contribution is -2.58. The van der Waals surface area contributed by atoms with Gasteiger partial charge in [-0.05, 0) is 113 Å². The highest BCUT2D eigenvalue weighted by molar-refractivity contribution is 7.91. The maximum absolute atomic E-state index is 13.1. The predicted molar refractivity (Wildman–Crippen MR) is 183 cm³/mol. The van der Waals surface area contributed by atoms with E-state index in [2.05, 4.69) is 51.0 Å². The zero-order chi connectivity index (χ0) is 32.8. The molecule has 3 unspecified atom stereocenters. The Morgan fingerprint density at radius 1 is 0.979 bits per heavy atom. The SMILES string of the molecule is CC(=O)OC1CCCC1C1(C2CCN(CC3CN(c4ccc(S(=O)(=O)c5ccnc(C)c5)cc4)C3)CC2)CN(C)Cc2ccccc21. The van der Waals surface area contributed by atoms with E-state index in [0.717, 1.165) is 83.6 Å². The number of piperidine rings is 1. The Kier molecular flexibility index (Phi) is 8.91. The number of sulfone groups is 1. The molecule has 47 heavy (non-hydrogen) atoms. The fourth-order valence-corrected chi connectivity index (χ4v) is 10.7. The molecule has 250 valence electrons. The number of fused-ring (bicyclic) bond motifs is 1. The van der Waals surface area contributed by atoms with Gasteiger partial charge in [0.25, 0.3) is 0 Å². The van der Waals surface area contributed by atoms with Gasteiger partial charge >= 0.3 is 5.97 Å². The number of esters is 1. The minimum Gasteiger partial charge on any atom is -0.462 e. The molecule has 3 atom stereocenters. The van der Waals surface area contributed by atoms with Crippen molar-refractivity contribution in [2.45, 2.75) is 73.8 Å². The average molecular weight is 657 g/mol. The van der Waals surface area contributed by atoms with Gasteiger partial charge in [-0.1, -0.05) is 24.3 Å². The summed E-state index contributed by atoms with van der Waals surface area (Å²) in [5.41, 5.74) is 4.70. The number of hydrogen-bond donors (Lipinski definition) is 0. The number of likely N-dealkylation sites (N-methyl/N-ethyl adjacent to an activating group) is 1. The first kappa shape index (κ1) is 32.3. The second-order valence-corrected chi connectivity index (χ2v) is 16.5. The van der Waals surface area contributed by atoms with Crippen LogP contribution >= 0.6 is 0 Å². The quantitative estimate of drug-likeness (QED) is 0.295. The Morgan fingerprint density at radius 2 is 1.72 bits per heavy atom. The van der Waals surface area contributed by atoms with Crippen LogP contribution in [0.25, 0.3) is 0 Å². The predicted octanol–water partition coefficient (Wildman–Crippen LogP) is 5.49. The molecule has 0 N–H and O–H groups in total. The number of benzene rings is 2. The topological polar surface area (TPSA) is 83.0 Å². The number of ether oxygens (including phenoxy) is 1. The van der Waals surface area contributed by atoms with E-state index in [-0.39, 0.29) is 22.4 Å². The molecule has 4 aliphatic rings. The van der Waals surface area contributed by atoms with Gasteiger partial charge in [-0.25, -0.2) is 8.42 Å². The number of nitrogens with zero attached hydrogens (tertiary/aromatic N) is 4. The lowest BCUT2D eigenvalue weighted by molar-refractivity contribution is -0.150. The third-order valence-electron chi connectivity index (χ3n) is 11.4. The molecule has 1 saturated carbocycles. The Bertz CT molecular complexity index is 1700. The zero-order valence-electron chi connectivity index (χ0n) is 28.0. The van der Waals surface area contributed by atoms with Crippen molar-refractivity contribution in [1.29, 1.82) is 0 Å². The molecular formula is C38H48N4O4S. The second-order valence-electron chi connectivity index (χ2n) is 14.5. The van der Waals surface area contributed by atoms with Gasteiger partial charge in [0.15, 0.2) is 0 Å². The first-order valence-corrected chi connectivity index (χ1v) is 18.8. The van der Waals surface area contributed by atoms with Crippen LogP contribution < -0.4 is 4.90 Å². The van der Waals surface area contributed by atoms with E-state index in [1.807, 2.05) is 12.1 Å². The van der Waals surface area contributed by atoms with Crippen LogP contribution in [-0.2, 0) is 31.3 Å². The highest BCUT2D eigenvalue weighted by Gasteiger charge is 2.54. The molecule has 0 radical (unpaired) electrons. The zero-order valence-corrected chi connectivity index (χ0v) is 28.8. The third-order valence-corrected chi connectivity index (χ3v) is 13.2. The summed E-state index contributed by atoms with van der Waals surface area (Å²) in [6.45, 7) is 10.6. The Morgan fingerprint density at radius 3 is 2.45 bits per heavy atom. The van der Waals surface area contributed by atoms with E-state index in [9.17, 15) is 13.2 Å². The van der Waals surface area contributed by atoms with Crippen molar-refractivity contribution in [1.82, 2.24) is 14.8 Å². The molecule has 2 saturated heterocycles. The van der Waals surface area contributed by atoms with E-state index >= 15 is 0 Å². The number of rotatable bonds is 8. The molecule has 8 nitrogen and oxygen atoms in total. The van der Waals surface area contributed by atoms with Crippen LogP contribution in [0.3, 0.4) is 0 Å². The van der Waals surface area contributed by atoms with Crippen LogP contribution in [-0.4, -0.2) is 81.6 Å². The van der Waals surface area contributed by atoms with Gasteiger partial charge in [0.1, 0.15) is 6.10 Å². The summed E-state index contributed by atoms with van der Waals surface area (Å²) >= 11 is 0. The molecule has 1 aromatic heterocycles. The van der Waals surface area contributed by atoms with Crippen LogP contribution in [0.4, 0.5) is 5.69 Å². The van der Waals surface area contributed by atoms with Crippen molar-refractivity contribution in [3.8, 4) is 0 Å². The average Bonchev–Trinajstić information content (AvgIpc) is 3.50. The van der Waals surface area contributed by atoms with Crippen molar-refractivity contribution in [3.63, 3.8) is 0 Å². The summed E-state index contributed by atoms with van der Waals surface area (Å²) in [6.07, 6.45) is 7.08. The number of carbonyl (C=O) groups is 1. The summed E-state index contributed by atoms with van der Waals surface area (Å²) in [5.74, 6) is 1.35. The summed E-state index contributed by atoms with van der Waals surface area (Å²) in [5, 5.41) is 0. The lowest BCUT2D eigenvalue weighted by Gasteiger charge is -2.54. The number of likely N-dealkylation sites (tertiary alicyclic amines) is 1. The van der Waals surface area contributed by atoms with E-state index in [0.29, 0.717) is 28.3 Å². The number of aromatic nitrogens is 1. The fourth-order valence-electron chi connectivity index (χ4n) is 9.38. The number of anilines is 1. The van der Waals surface area contributed by atoms with Crippen molar-refractivity contribution >= 4 is 21.5 Å². The van der Waals surface area contributed by atoms with E-state index < -0.39 is 9.84 Å². The fraction of sp³-hybridized carbons (Fsp3) is 0.526. The molecule has 7 rings (SSSR count). The van der Waals surface area contributed by atoms with Gasteiger partial charge in [0, 0.05) is 74.5 Å². The molecular weight excluding hydrogens is 609 g/mol. The van der Waals surface area contributed by atoms with Crippen LogP contribution in [0.2, 0.25) is 0 Å². The summed E-state index contributed by atoms with van der Waals surface area (Å²) < 4.78 is 32.2. The summed E-state index contributed by atoms with van der Waals surface area (Å²) in [7, 11) is -1.31. The Balaban J connectivity index is 0.991. The largest absolute Gasteiger partial charge is 0.462 e. The van der Waals surface area contributed by atoms with E-state index in [4.69, 9.17) is 4.74 Å². The van der Waals surface area contributed by atoms with Crippen LogP contribution in [0.5, 0.6) is 0 Å². The van der Waals surface area contributed by atoms with Crippen LogP contribution in [0, 0.1) is 24.7 Å². The summed E-state index contributed by atoms with van der Waals surface area (Å²) in [6, 6.07) is 19.6. The third kappa shape index (κ3) is 6.22. The highest BCUT2D eigenvalue weighted by atomic mass is 32.2. The first-order valence-electron chi connectivity index (χ1n) is 17.3. The van der Waals surface area contributed by atoms with Gasteiger partial charge < -0.3 is 19.4 Å². The molecule has 3 aromatic rings. The molecule has 1 aliphatic carbocycles. The number of aryl methyl sites for hydroxylation is 1. The molecule has 3 aliphatic heterocycles. The van der Waals surface area contributed by atoms with Crippen molar-refractivity contribution in [3.05, 3.63) is 83.7 Å². The molecule has 0 bridgehead atoms. The lowest BCUT2D eigenvalue weighted by atomic mass is 9.56. The number of hydrogen-bond acceptors (Lipinski definition) is 8. The molecule has 0 spiro atoms. The van der Waals surface area contributed by atoms with Gasteiger partial charge in [-0.3, -0.25) is 9.78 Å². The van der Waals surface area contributed by atoms with Gasteiger partial charge in [0.2, 0.25) is 9.84 Å². The summed E-state index contributed by atoms with van der Waals surface area (Å²) in [4.78, 5) is 24.4. The van der Waals surface area contributed by atoms with E-state index in [1.54, 1.807) is 44.3 Å². The van der Waals surface area contributed by atoms with Crippen LogP contribution in [0.15, 0.2) is 76.7 Å². The van der Waals surface area contributed by atoms with Crippen LogP contribution in [0.1, 0.15) is 55.8 Å². The smallest absolute Gasteiger partial charge is 0.302 e. The molecule has 3 fully saturated rings.